The van der Waals surface area contributed by atoms with Crippen LogP contribution in [0.2, 0.25) is 0 Å². The summed E-state index contributed by atoms with van der Waals surface area (Å²) < 4.78 is 5.25. The van der Waals surface area contributed by atoms with Crippen molar-refractivity contribution in [2.45, 2.75) is 26.4 Å². The summed E-state index contributed by atoms with van der Waals surface area (Å²) in [7, 11) is 1.66. The van der Waals surface area contributed by atoms with Crippen molar-refractivity contribution in [1.82, 2.24) is 4.90 Å². The molecule has 1 aromatic rings. The minimum atomic E-state index is -0.552. The number of hydrogen-bond acceptors (Lipinski definition) is 4. The van der Waals surface area contributed by atoms with E-state index >= 15 is 0 Å². The molecule has 5 heteroatoms. The first-order valence-electron chi connectivity index (χ1n) is 7.86. The predicted molar refractivity (Wildman–Crippen MR) is 87.2 cm³/mol. The lowest BCUT2D eigenvalue weighted by Crippen LogP contribution is -2.49. The Morgan fingerprint density at radius 2 is 1.95 bits per heavy atom. The maximum atomic E-state index is 12.2. The van der Waals surface area contributed by atoms with E-state index in [9.17, 15) is 9.90 Å². The number of carbonyl (C=O) groups is 1. The summed E-state index contributed by atoms with van der Waals surface area (Å²) >= 11 is 0. The average Bonchev–Trinajstić information content (AvgIpc) is 2.54. The number of aliphatic hydroxyl groups excluding tert-OH is 1. The van der Waals surface area contributed by atoms with Crippen LogP contribution in [0.25, 0.3) is 0 Å². The quantitative estimate of drug-likeness (QED) is 0.900. The first kappa shape index (κ1) is 16.6. The lowest BCUT2D eigenvalue weighted by atomic mass is 10.0. The van der Waals surface area contributed by atoms with E-state index in [1.54, 1.807) is 7.11 Å². The first-order valence-corrected chi connectivity index (χ1v) is 7.86. The zero-order valence-electron chi connectivity index (χ0n) is 13.7. The molecule has 5 nitrogen and oxygen atoms in total. The number of benzene rings is 1. The fourth-order valence-electron chi connectivity index (χ4n) is 2.56. The number of rotatable bonds is 5. The molecule has 22 heavy (non-hydrogen) atoms. The van der Waals surface area contributed by atoms with E-state index in [0.717, 1.165) is 24.5 Å². The van der Waals surface area contributed by atoms with Crippen molar-refractivity contribution in [3.8, 4) is 5.75 Å². The Hall–Kier alpha value is -1.75. The topological polar surface area (TPSA) is 53.0 Å². The van der Waals surface area contributed by atoms with Crippen LogP contribution in [0.15, 0.2) is 24.3 Å². The zero-order chi connectivity index (χ0) is 16.1. The van der Waals surface area contributed by atoms with E-state index in [1.807, 2.05) is 36.9 Å². The van der Waals surface area contributed by atoms with Crippen LogP contribution >= 0.6 is 0 Å². The molecule has 1 aromatic carbocycles. The van der Waals surface area contributed by atoms with Crippen LogP contribution in [0, 0.1) is 5.92 Å². The number of nitrogens with zero attached hydrogens (tertiary/aromatic N) is 2. The molecule has 1 atom stereocenters. The van der Waals surface area contributed by atoms with Gasteiger partial charge in [0.2, 0.25) is 5.91 Å². The molecule has 0 aliphatic carbocycles. The Morgan fingerprint density at radius 1 is 1.27 bits per heavy atom. The van der Waals surface area contributed by atoms with Crippen molar-refractivity contribution in [1.29, 1.82) is 0 Å². The molecule has 1 unspecified atom stereocenters. The number of carbonyl (C=O) groups excluding carboxylic acids is 1. The molecule has 1 heterocycles. The molecular weight excluding hydrogens is 280 g/mol. The van der Waals surface area contributed by atoms with Crippen molar-refractivity contribution in [2.24, 2.45) is 5.92 Å². The Morgan fingerprint density at radius 3 is 2.55 bits per heavy atom. The van der Waals surface area contributed by atoms with Gasteiger partial charge in [0.1, 0.15) is 5.75 Å². The zero-order valence-corrected chi connectivity index (χ0v) is 13.7. The Bertz CT molecular complexity index is 496. The van der Waals surface area contributed by atoms with Crippen LogP contribution < -0.4 is 9.64 Å². The molecule has 2 rings (SSSR count). The third-order valence-electron chi connectivity index (χ3n) is 4.20. The number of amides is 1. The number of piperazine rings is 1. The van der Waals surface area contributed by atoms with Crippen molar-refractivity contribution in [3.05, 3.63) is 24.3 Å². The standard InChI is InChI=1S/C17H26N2O3/c1-13(2)16(20)12-17(21)19-9-7-18(8-10-19)14-5-4-6-15(11-14)22-3/h4-6,11,13,16,20H,7-10,12H2,1-3H3. The second kappa shape index (κ2) is 7.49. The minimum Gasteiger partial charge on any atom is -0.497 e. The lowest BCUT2D eigenvalue weighted by Gasteiger charge is -2.36. The summed E-state index contributed by atoms with van der Waals surface area (Å²) in [6.07, 6.45) is -0.333. The van der Waals surface area contributed by atoms with Crippen LogP contribution in [0.5, 0.6) is 5.75 Å². The summed E-state index contributed by atoms with van der Waals surface area (Å²) in [5.41, 5.74) is 1.12. The van der Waals surface area contributed by atoms with Gasteiger partial charge in [0.15, 0.2) is 0 Å². The molecule has 1 aliphatic heterocycles. The van der Waals surface area contributed by atoms with Gasteiger partial charge in [0, 0.05) is 37.9 Å². The molecule has 0 bridgehead atoms. The van der Waals surface area contributed by atoms with Gasteiger partial charge in [-0.2, -0.15) is 0 Å². The number of methoxy groups -OCH3 is 1. The van der Waals surface area contributed by atoms with Crippen molar-refractivity contribution in [2.75, 3.05) is 38.2 Å². The van der Waals surface area contributed by atoms with Gasteiger partial charge < -0.3 is 19.6 Å². The van der Waals surface area contributed by atoms with Gasteiger partial charge in [-0.3, -0.25) is 4.79 Å². The minimum absolute atomic E-state index is 0.0477. The fraction of sp³-hybridized carbons (Fsp3) is 0.588. The third-order valence-corrected chi connectivity index (χ3v) is 4.20. The van der Waals surface area contributed by atoms with Gasteiger partial charge in [-0.1, -0.05) is 19.9 Å². The molecule has 1 amide bonds. The molecule has 0 aromatic heterocycles. The van der Waals surface area contributed by atoms with E-state index in [-0.39, 0.29) is 18.2 Å². The lowest BCUT2D eigenvalue weighted by molar-refractivity contribution is -0.134. The number of hydrogen-bond donors (Lipinski definition) is 1. The van der Waals surface area contributed by atoms with Crippen molar-refractivity contribution in [3.63, 3.8) is 0 Å². The maximum Gasteiger partial charge on any atom is 0.225 e. The van der Waals surface area contributed by atoms with E-state index in [2.05, 4.69) is 11.0 Å². The van der Waals surface area contributed by atoms with E-state index < -0.39 is 6.10 Å². The molecular formula is C17H26N2O3. The van der Waals surface area contributed by atoms with Crippen LogP contribution in [-0.2, 0) is 4.79 Å². The fourth-order valence-corrected chi connectivity index (χ4v) is 2.56. The molecule has 0 saturated carbocycles. The second-order valence-corrected chi connectivity index (χ2v) is 6.08. The average molecular weight is 306 g/mol. The Balaban J connectivity index is 1.88. The predicted octanol–water partition coefficient (Wildman–Crippen LogP) is 1.75. The Kier molecular flexibility index (Phi) is 5.66. The highest BCUT2D eigenvalue weighted by Gasteiger charge is 2.24. The summed E-state index contributed by atoms with van der Waals surface area (Å²) in [6, 6.07) is 7.98. The molecule has 1 N–H and O–H groups in total. The second-order valence-electron chi connectivity index (χ2n) is 6.08. The summed E-state index contributed by atoms with van der Waals surface area (Å²) in [4.78, 5) is 16.3. The molecule has 0 radical (unpaired) electrons. The van der Waals surface area contributed by atoms with Crippen LogP contribution in [0.3, 0.4) is 0 Å². The highest BCUT2D eigenvalue weighted by atomic mass is 16.5. The van der Waals surface area contributed by atoms with Gasteiger partial charge >= 0.3 is 0 Å². The molecule has 1 aliphatic rings. The van der Waals surface area contributed by atoms with Crippen molar-refractivity contribution < 1.29 is 14.6 Å². The Labute approximate surface area is 132 Å². The maximum absolute atomic E-state index is 12.2. The normalized spacial score (nSPS) is 16.8. The van der Waals surface area contributed by atoms with Crippen LogP contribution in [0.4, 0.5) is 5.69 Å². The summed E-state index contributed by atoms with van der Waals surface area (Å²) in [5, 5.41) is 9.84. The first-order chi connectivity index (χ1) is 10.5. The van der Waals surface area contributed by atoms with E-state index in [4.69, 9.17) is 4.74 Å². The number of ether oxygens (including phenoxy) is 1. The van der Waals surface area contributed by atoms with Gasteiger partial charge in [-0.05, 0) is 18.1 Å². The van der Waals surface area contributed by atoms with Gasteiger partial charge in [-0.15, -0.1) is 0 Å². The largest absolute Gasteiger partial charge is 0.497 e. The molecule has 122 valence electrons. The SMILES string of the molecule is COc1cccc(N2CCN(C(=O)CC(O)C(C)C)CC2)c1. The highest BCUT2D eigenvalue weighted by Crippen LogP contribution is 2.22. The number of anilines is 1. The van der Waals surface area contributed by atoms with Gasteiger partial charge in [0.25, 0.3) is 0 Å². The number of aliphatic hydroxyl groups is 1. The monoisotopic (exact) mass is 306 g/mol. The van der Waals surface area contributed by atoms with Crippen LogP contribution in [-0.4, -0.2) is 55.3 Å². The summed E-state index contributed by atoms with van der Waals surface area (Å²) in [5.74, 6) is 1.00. The van der Waals surface area contributed by atoms with Gasteiger partial charge in [-0.25, -0.2) is 0 Å². The molecule has 1 saturated heterocycles. The van der Waals surface area contributed by atoms with Gasteiger partial charge in [0.05, 0.1) is 19.6 Å². The molecule has 1 fully saturated rings. The van der Waals surface area contributed by atoms with Crippen molar-refractivity contribution >= 4 is 11.6 Å². The smallest absolute Gasteiger partial charge is 0.225 e. The summed E-state index contributed by atoms with van der Waals surface area (Å²) in [6.45, 7) is 6.85. The van der Waals surface area contributed by atoms with Crippen LogP contribution in [0.1, 0.15) is 20.3 Å². The third kappa shape index (κ3) is 4.13. The highest BCUT2D eigenvalue weighted by molar-refractivity contribution is 5.77. The van der Waals surface area contributed by atoms with E-state index in [0.29, 0.717) is 13.1 Å². The van der Waals surface area contributed by atoms with E-state index in [1.165, 1.54) is 0 Å². The molecule has 0 spiro atoms.